The normalized spacial score (nSPS) is 24.9. The summed E-state index contributed by atoms with van der Waals surface area (Å²) >= 11 is 0. The maximum atomic E-state index is 12.4. The molecule has 1 aliphatic heterocycles. The SMILES string of the molecule is NCCCC(=O)N1CCC[C@H]1[C@H]1CCCc2ccccc21. The van der Waals surface area contributed by atoms with E-state index in [9.17, 15) is 4.79 Å². The highest BCUT2D eigenvalue weighted by Crippen LogP contribution is 2.39. The zero-order chi connectivity index (χ0) is 14.7. The van der Waals surface area contributed by atoms with E-state index in [2.05, 4.69) is 29.2 Å². The van der Waals surface area contributed by atoms with Gasteiger partial charge in [0.15, 0.2) is 0 Å². The molecule has 0 bridgehead atoms. The summed E-state index contributed by atoms with van der Waals surface area (Å²) in [6.45, 7) is 1.54. The van der Waals surface area contributed by atoms with Crippen molar-refractivity contribution >= 4 is 5.91 Å². The molecule has 0 spiro atoms. The fourth-order valence-corrected chi connectivity index (χ4v) is 4.11. The summed E-state index contributed by atoms with van der Waals surface area (Å²) in [7, 11) is 0. The average molecular weight is 286 g/mol. The number of hydrogen-bond donors (Lipinski definition) is 1. The van der Waals surface area contributed by atoms with E-state index in [1.54, 1.807) is 0 Å². The van der Waals surface area contributed by atoms with Gasteiger partial charge in [0.2, 0.25) is 5.91 Å². The van der Waals surface area contributed by atoms with Crippen molar-refractivity contribution in [1.82, 2.24) is 4.90 Å². The molecule has 1 fully saturated rings. The second-order valence-corrected chi connectivity index (χ2v) is 6.39. The van der Waals surface area contributed by atoms with E-state index in [4.69, 9.17) is 5.73 Å². The Balaban J connectivity index is 1.78. The van der Waals surface area contributed by atoms with Crippen LogP contribution in [-0.4, -0.2) is 29.9 Å². The number of benzene rings is 1. The number of aryl methyl sites for hydroxylation is 1. The molecule has 0 saturated carbocycles. The molecule has 21 heavy (non-hydrogen) atoms. The fourth-order valence-electron chi connectivity index (χ4n) is 4.11. The van der Waals surface area contributed by atoms with E-state index >= 15 is 0 Å². The third-order valence-electron chi connectivity index (χ3n) is 5.09. The molecule has 0 unspecified atom stereocenters. The summed E-state index contributed by atoms with van der Waals surface area (Å²) in [6, 6.07) is 9.24. The van der Waals surface area contributed by atoms with Crippen molar-refractivity contribution in [3.05, 3.63) is 35.4 Å². The maximum Gasteiger partial charge on any atom is 0.222 e. The first-order chi connectivity index (χ1) is 10.3. The minimum Gasteiger partial charge on any atom is -0.339 e. The lowest BCUT2D eigenvalue weighted by Crippen LogP contribution is -2.40. The van der Waals surface area contributed by atoms with Crippen LogP contribution in [0.2, 0.25) is 0 Å². The van der Waals surface area contributed by atoms with E-state index in [0.717, 1.165) is 25.8 Å². The van der Waals surface area contributed by atoms with Crippen molar-refractivity contribution in [3.8, 4) is 0 Å². The molecule has 114 valence electrons. The van der Waals surface area contributed by atoms with Gasteiger partial charge in [0, 0.05) is 24.9 Å². The standard InChI is InChI=1S/C18H26N2O/c19-12-4-11-18(21)20-13-5-10-17(20)16-9-3-7-14-6-1-2-8-15(14)16/h1-2,6,8,16-17H,3-5,7,9-13,19H2/t16-,17-/m0/s1. The van der Waals surface area contributed by atoms with Crippen LogP contribution in [-0.2, 0) is 11.2 Å². The van der Waals surface area contributed by atoms with Crippen LogP contribution in [0.15, 0.2) is 24.3 Å². The Morgan fingerprint density at radius 1 is 1.24 bits per heavy atom. The molecule has 1 saturated heterocycles. The Labute approximate surface area is 127 Å². The highest BCUT2D eigenvalue weighted by Gasteiger charge is 2.36. The molecule has 2 N–H and O–H groups in total. The van der Waals surface area contributed by atoms with Crippen LogP contribution in [0.3, 0.4) is 0 Å². The van der Waals surface area contributed by atoms with Crippen molar-refractivity contribution in [1.29, 1.82) is 0 Å². The number of carbonyl (C=O) groups excluding carboxylic acids is 1. The van der Waals surface area contributed by atoms with Gasteiger partial charge in [-0.1, -0.05) is 24.3 Å². The molecule has 0 radical (unpaired) electrons. The maximum absolute atomic E-state index is 12.4. The van der Waals surface area contributed by atoms with Gasteiger partial charge in [0.1, 0.15) is 0 Å². The second-order valence-electron chi connectivity index (χ2n) is 6.39. The van der Waals surface area contributed by atoms with Crippen LogP contribution in [0.4, 0.5) is 0 Å². The Kier molecular flexibility index (Phi) is 4.59. The summed E-state index contributed by atoms with van der Waals surface area (Å²) in [5, 5.41) is 0. The first kappa shape index (κ1) is 14.6. The minimum absolute atomic E-state index is 0.311. The van der Waals surface area contributed by atoms with E-state index in [-0.39, 0.29) is 0 Å². The second kappa shape index (κ2) is 6.61. The molecular weight excluding hydrogens is 260 g/mol. The van der Waals surface area contributed by atoms with Crippen LogP contribution < -0.4 is 5.73 Å². The summed E-state index contributed by atoms with van der Waals surface area (Å²) in [5.41, 5.74) is 8.53. The smallest absolute Gasteiger partial charge is 0.222 e. The van der Waals surface area contributed by atoms with Crippen LogP contribution >= 0.6 is 0 Å². The summed E-state index contributed by atoms with van der Waals surface area (Å²) < 4.78 is 0. The predicted molar refractivity (Wildman–Crippen MR) is 85.1 cm³/mol. The molecule has 3 heteroatoms. The first-order valence-electron chi connectivity index (χ1n) is 8.38. The summed E-state index contributed by atoms with van der Waals surface area (Å²) in [6.07, 6.45) is 7.40. The van der Waals surface area contributed by atoms with Crippen molar-refractivity contribution in [2.24, 2.45) is 5.73 Å². The number of amides is 1. The van der Waals surface area contributed by atoms with Crippen LogP contribution in [0.25, 0.3) is 0 Å². The molecule has 0 aromatic heterocycles. The van der Waals surface area contributed by atoms with E-state index < -0.39 is 0 Å². The third kappa shape index (κ3) is 2.98. The predicted octanol–water partition coefficient (Wildman–Crippen LogP) is 2.84. The Morgan fingerprint density at radius 2 is 2.10 bits per heavy atom. The molecular formula is C18H26N2O. The largest absolute Gasteiger partial charge is 0.339 e. The topological polar surface area (TPSA) is 46.3 Å². The Hall–Kier alpha value is -1.35. The van der Waals surface area contributed by atoms with Gasteiger partial charge in [0.05, 0.1) is 0 Å². The molecule has 3 nitrogen and oxygen atoms in total. The quantitative estimate of drug-likeness (QED) is 0.925. The fraction of sp³-hybridized carbons (Fsp3) is 0.611. The number of nitrogens with two attached hydrogens (primary N) is 1. The molecule has 1 aromatic rings. The van der Waals surface area contributed by atoms with Crippen molar-refractivity contribution in [2.45, 2.75) is 56.9 Å². The van der Waals surface area contributed by atoms with E-state index in [0.29, 0.717) is 30.8 Å². The Bertz CT molecular complexity index is 500. The molecule has 2 atom stereocenters. The lowest BCUT2D eigenvalue weighted by Gasteiger charge is -2.35. The average Bonchev–Trinajstić information content (AvgIpc) is 3.01. The van der Waals surface area contributed by atoms with Crippen LogP contribution in [0.1, 0.15) is 55.6 Å². The van der Waals surface area contributed by atoms with E-state index in [1.807, 2.05) is 0 Å². The highest BCUT2D eigenvalue weighted by atomic mass is 16.2. The van der Waals surface area contributed by atoms with Crippen molar-refractivity contribution in [3.63, 3.8) is 0 Å². The van der Waals surface area contributed by atoms with Gasteiger partial charge < -0.3 is 10.6 Å². The molecule has 1 aromatic carbocycles. The number of rotatable bonds is 4. The third-order valence-corrected chi connectivity index (χ3v) is 5.09. The highest BCUT2D eigenvalue weighted by molar-refractivity contribution is 5.77. The molecule has 3 rings (SSSR count). The number of likely N-dealkylation sites (tertiary alicyclic amines) is 1. The van der Waals surface area contributed by atoms with Gasteiger partial charge in [-0.2, -0.15) is 0 Å². The number of carbonyl (C=O) groups is 1. The van der Waals surface area contributed by atoms with Crippen molar-refractivity contribution in [2.75, 3.05) is 13.1 Å². The zero-order valence-corrected chi connectivity index (χ0v) is 12.8. The molecule has 1 amide bonds. The lowest BCUT2D eigenvalue weighted by molar-refractivity contribution is -0.132. The van der Waals surface area contributed by atoms with Gasteiger partial charge in [-0.15, -0.1) is 0 Å². The van der Waals surface area contributed by atoms with Crippen LogP contribution in [0.5, 0.6) is 0 Å². The molecule has 1 heterocycles. The number of hydrogen-bond acceptors (Lipinski definition) is 2. The molecule has 1 aliphatic carbocycles. The van der Waals surface area contributed by atoms with Gasteiger partial charge in [0.25, 0.3) is 0 Å². The first-order valence-corrected chi connectivity index (χ1v) is 8.38. The summed E-state index contributed by atoms with van der Waals surface area (Å²) in [4.78, 5) is 14.6. The Morgan fingerprint density at radius 3 is 2.95 bits per heavy atom. The molecule has 2 aliphatic rings. The lowest BCUT2D eigenvalue weighted by atomic mass is 9.78. The van der Waals surface area contributed by atoms with Gasteiger partial charge >= 0.3 is 0 Å². The number of fused-ring (bicyclic) bond motifs is 1. The van der Waals surface area contributed by atoms with Crippen molar-refractivity contribution < 1.29 is 4.79 Å². The van der Waals surface area contributed by atoms with Gasteiger partial charge in [-0.25, -0.2) is 0 Å². The zero-order valence-electron chi connectivity index (χ0n) is 12.8. The number of nitrogens with zero attached hydrogens (tertiary/aromatic N) is 1. The van der Waals surface area contributed by atoms with Gasteiger partial charge in [-0.05, 0) is 56.2 Å². The summed E-state index contributed by atoms with van der Waals surface area (Å²) in [5.74, 6) is 0.852. The monoisotopic (exact) mass is 286 g/mol. The van der Waals surface area contributed by atoms with Crippen LogP contribution in [0, 0.1) is 0 Å². The van der Waals surface area contributed by atoms with Gasteiger partial charge in [-0.3, -0.25) is 4.79 Å². The minimum atomic E-state index is 0.311. The van der Waals surface area contributed by atoms with E-state index in [1.165, 1.54) is 30.4 Å².